The zero-order valence-electron chi connectivity index (χ0n) is 13.2. The summed E-state index contributed by atoms with van der Waals surface area (Å²) in [7, 11) is 0. The number of nitrogens with zero attached hydrogens (tertiary/aromatic N) is 2. The van der Waals surface area contributed by atoms with E-state index in [-0.39, 0.29) is 17.0 Å². The number of halogens is 1. The molecule has 3 heteroatoms. The van der Waals surface area contributed by atoms with Gasteiger partial charge < -0.3 is 17.0 Å². The first-order valence-electron chi connectivity index (χ1n) is 8.18. The summed E-state index contributed by atoms with van der Waals surface area (Å²) in [5.41, 5.74) is 3.84. The summed E-state index contributed by atoms with van der Waals surface area (Å²) in [6, 6.07) is 21.5. The smallest absolute Gasteiger partial charge is 0.262 e. The molecule has 3 aromatic rings. The van der Waals surface area contributed by atoms with E-state index in [9.17, 15) is 0 Å². The van der Waals surface area contributed by atoms with Gasteiger partial charge in [-0.05, 0) is 31.4 Å². The third-order valence-corrected chi connectivity index (χ3v) is 4.49. The highest BCUT2D eigenvalue weighted by Crippen LogP contribution is 2.26. The number of rotatable bonds is 2. The highest BCUT2D eigenvalue weighted by molar-refractivity contribution is 5.61. The number of aryl methyl sites for hydroxylation is 1. The van der Waals surface area contributed by atoms with Gasteiger partial charge in [-0.15, -0.1) is 0 Å². The Morgan fingerprint density at radius 2 is 1.48 bits per heavy atom. The lowest BCUT2D eigenvalue weighted by molar-refractivity contribution is -0.702. The van der Waals surface area contributed by atoms with Crippen molar-refractivity contribution in [3.05, 3.63) is 72.7 Å². The summed E-state index contributed by atoms with van der Waals surface area (Å²) in [5.74, 6) is 1.43. The van der Waals surface area contributed by atoms with Gasteiger partial charge in [0.05, 0.1) is 6.54 Å². The average Bonchev–Trinajstić information content (AvgIpc) is 2.79. The van der Waals surface area contributed by atoms with Crippen molar-refractivity contribution in [2.75, 3.05) is 0 Å². The van der Waals surface area contributed by atoms with Crippen molar-refractivity contribution in [3.63, 3.8) is 0 Å². The Hall–Kier alpha value is -1.87. The summed E-state index contributed by atoms with van der Waals surface area (Å²) in [5, 5.41) is 0. The molecule has 1 aliphatic heterocycles. The highest BCUT2D eigenvalue weighted by Gasteiger charge is 2.26. The molecule has 0 bridgehead atoms. The molecule has 2 heterocycles. The van der Waals surface area contributed by atoms with E-state index in [1.807, 2.05) is 0 Å². The second-order valence-electron chi connectivity index (χ2n) is 5.97. The number of imidazole rings is 1. The van der Waals surface area contributed by atoms with Gasteiger partial charge in [-0.1, -0.05) is 48.5 Å². The van der Waals surface area contributed by atoms with Crippen molar-refractivity contribution in [3.8, 4) is 16.9 Å². The fourth-order valence-corrected chi connectivity index (χ4v) is 3.42. The van der Waals surface area contributed by atoms with Crippen LogP contribution in [0.4, 0.5) is 0 Å². The van der Waals surface area contributed by atoms with Crippen LogP contribution >= 0.6 is 0 Å². The Morgan fingerprint density at radius 1 is 0.783 bits per heavy atom. The lowest BCUT2D eigenvalue weighted by atomic mass is 10.1. The molecule has 0 N–H and O–H groups in total. The zero-order valence-corrected chi connectivity index (χ0v) is 14.7. The first kappa shape index (κ1) is 16.0. The molecule has 1 aliphatic rings. The zero-order chi connectivity index (χ0) is 14.8. The van der Waals surface area contributed by atoms with E-state index in [1.54, 1.807) is 0 Å². The monoisotopic (exact) mass is 368 g/mol. The van der Waals surface area contributed by atoms with Crippen LogP contribution in [0.2, 0.25) is 0 Å². The van der Waals surface area contributed by atoms with Gasteiger partial charge in [0.1, 0.15) is 11.9 Å². The minimum Gasteiger partial charge on any atom is -1.00 e. The predicted molar refractivity (Wildman–Crippen MR) is 89.0 cm³/mol. The molecule has 0 unspecified atom stereocenters. The fourth-order valence-electron chi connectivity index (χ4n) is 3.42. The minimum atomic E-state index is 0. The largest absolute Gasteiger partial charge is 1.00 e. The van der Waals surface area contributed by atoms with Crippen LogP contribution in [0.15, 0.2) is 66.9 Å². The molecule has 0 amide bonds. The normalized spacial score (nSPS) is 13.7. The third kappa shape index (κ3) is 3.11. The van der Waals surface area contributed by atoms with Crippen molar-refractivity contribution in [2.24, 2.45) is 0 Å². The highest BCUT2D eigenvalue weighted by atomic mass is 79.9. The van der Waals surface area contributed by atoms with Gasteiger partial charge in [0.25, 0.3) is 5.82 Å². The molecular weight excluding hydrogens is 348 g/mol. The standard InChI is InChI=1S/C20H21N2.BrH/c1-4-10-17(11-5-1)19-16-21-15-9-3-8-14-20(21)22(19)18-12-6-2-7-13-18;/h1-2,4-7,10-13,16H,3,8-9,14-15H2;1H/q+1;/p-1. The molecule has 2 aromatic carbocycles. The first-order valence-corrected chi connectivity index (χ1v) is 8.18. The van der Waals surface area contributed by atoms with E-state index in [1.165, 1.54) is 42.0 Å². The van der Waals surface area contributed by atoms with Crippen LogP contribution < -0.4 is 21.5 Å². The number of para-hydroxylation sites is 1. The molecule has 23 heavy (non-hydrogen) atoms. The fraction of sp³-hybridized carbons (Fsp3) is 0.250. The van der Waals surface area contributed by atoms with Crippen molar-refractivity contribution in [1.29, 1.82) is 0 Å². The average molecular weight is 369 g/mol. The number of hydrogen-bond acceptors (Lipinski definition) is 0. The third-order valence-electron chi connectivity index (χ3n) is 4.49. The maximum atomic E-state index is 2.46. The summed E-state index contributed by atoms with van der Waals surface area (Å²) in [6.07, 6.45) is 7.39. The van der Waals surface area contributed by atoms with Gasteiger partial charge in [-0.25, -0.2) is 4.57 Å². The Balaban J connectivity index is 0.00000156. The molecule has 0 spiro atoms. The van der Waals surface area contributed by atoms with E-state index in [0.29, 0.717) is 0 Å². The van der Waals surface area contributed by atoms with Crippen LogP contribution in [0.25, 0.3) is 16.9 Å². The summed E-state index contributed by atoms with van der Waals surface area (Å²) in [4.78, 5) is 0. The topological polar surface area (TPSA) is 8.81 Å². The molecule has 2 nitrogen and oxygen atoms in total. The van der Waals surface area contributed by atoms with Crippen LogP contribution in [0.5, 0.6) is 0 Å². The van der Waals surface area contributed by atoms with E-state index < -0.39 is 0 Å². The van der Waals surface area contributed by atoms with Gasteiger partial charge >= 0.3 is 0 Å². The number of benzene rings is 2. The molecule has 118 valence electrons. The predicted octanol–water partition coefficient (Wildman–Crippen LogP) is 1.16. The maximum absolute atomic E-state index is 2.46. The van der Waals surface area contributed by atoms with Gasteiger partial charge in [0.2, 0.25) is 0 Å². The Labute approximate surface area is 148 Å². The Bertz CT molecular complexity index is 763. The number of hydrogen-bond donors (Lipinski definition) is 0. The van der Waals surface area contributed by atoms with Crippen molar-refractivity contribution >= 4 is 0 Å². The lowest BCUT2D eigenvalue weighted by Crippen LogP contribution is -3.00. The number of aromatic nitrogens is 2. The van der Waals surface area contributed by atoms with Crippen molar-refractivity contribution < 1.29 is 21.5 Å². The van der Waals surface area contributed by atoms with Crippen molar-refractivity contribution in [2.45, 2.75) is 32.2 Å². The van der Waals surface area contributed by atoms with Gasteiger partial charge in [-0.2, -0.15) is 4.57 Å². The molecule has 1 aromatic heterocycles. The molecule has 0 atom stereocenters. The first-order chi connectivity index (χ1) is 10.9. The summed E-state index contributed by atoms with van der Waals surface area (Å²) < 4.78 is 4.91. The van der Waals surface area contributed by atoms with Gasteiger partial charge in [0.15, 0.2) is 5.69 Å². The van der Waals surface area contributed by atoms with Crippen LogP contribution in [0.3, 0.4) is 0 Å². The van der Waals surface area contributed by atoms with Crippen molar-refractivity contribution in [1.82, 2.24) is 4.57 Å². The second-order valence-corrected chi connectivity index (χ2v) is 5.97. The number of fused-ring (bicyclic) bond motifs is 1. The summed E-state index contributed by atoms with van der Waals surface area (Å²) >= 11 is 0. The molecule has 0 fully saturated rings. The summed E-state index contributed by atoms with van der Waals surface area (Å²) in [6.45, 7) is 1.13. The second kappa shape index (κ2) is 7.14. The van der Waals surface area contributed by atoms with Crippen LogP contribution in [0, 0.1) is 0 Å². The van der Waals surface area contributed by atoms with E-state index in [0.717, 1.165) is 13.0 Å². The minimum absolute atomic E-state index is 0. The van der Waals surface area contributed by atoms with E-state index in [4.69, 9.17) is 0 Å². The maximum Gasteiger partial charge on any atom is 0.262 e. The van der Waals surface area contributed by atoms with Crippen LogP contribution in [0.1, 0.15) is 25.1 Å². The lowest BCUT2D eigenvalue weighted by Gasteiger charge is -2.05. The molecule has 0 saturated heterocycles. The SMILES string of the molecule is [Br-].c1ccc(-c2c[n+]3c(n2-c2ccccc2)CCCCC3)cc1. The van der Waals surface area contributed by atoms with Gasteiger partial charge in [-0.3, -0.25) is 0 Å². The van der Waals surface area contributed by atoms with Crippen LogP contribution in [-0.4, -0.2) is 4.57 Å². The van der Waals surface area contributed by atoms with E-state index >= 15 is 0 Å². The van der Waals surface area contributed by atoms with E-state index in [2.05, 4.69) is 76.0 Å². The van der Waals surface area contributed by atoms with Gasteiger partial charge in [0, 0.05) is 12.0 Å². The molecule has 0 radical (unpaired) electrons. The molecule has 4 rings (SSSR count). The quantitative estimate of drug-likeness (QED) is 0.600. The Morgan fingerprint density at radius 3 is 2.22 bits per heavy atom. The molecular formula is C20H21BrN2. The molecule has 0 aliphatic carbocycles. The molecule has 0 saturated carbocycles. The van der Waals surface area contributed by atoms with Crippen LogP contribution in [-0.2, 0) is 13.0 Å². The Kier molecular flexibility index (Phi) is 4.97.